The lowest BCUT2D eigenvalue weighted by atomic mass is 10.3. The first-order chi connectivity index (χ1) is 7.76. The second-order valence-electron chi connectivity index (χ2n) is 3.35. The number of methoxy groups -OCH3 is 1. The normalized spacial score (nSPS) is 9.88. The molecule has 0 fully saturated rings. The number of ether oxygens (including phenoxy) is 2. The fraction of sp³-hybridized carbons (Fsp3) is 0.417. The van der Waals surface area contributed by atoms with Crippen LogP contribution < -0.4 is 10.1 Å². The summed E-state index contributed by atoms with van der Waals surface area (Å²) in [5.41, 5.74) is 0.742. The lowest BCUT2D eigenvalue weighted by molar-refractivity contribution is -0.119. The van der Waals surface area contributed by atoms with E-state index in [-0.39, 0.29) is 12.5 Å². The molecule has 1 aromatic carbocycles. The maximum absolute atomic E-state index is 11.2. The molecule has 0 heterocycles. The van der Waals surface area contributed by atoms with E-state index in [4.69, 9.17) is 9.47 Å². The Morgan fingerprint density at radius 2 is 2.00 bits per heavy atom. The maximum atomic E-state index is 11.2. The van der Waals surface area contributed by atoms with E-state index >= 15 is 0 Å². The fourth-order valence-electron chi connectivity index (χ4n) is 1.18. The highest BCUT2D eigenvalue weighted by Crippen LogP contribution is 2.15. The summed E-state index contributed by atoms with van der Waals surface area (Å²) >= 11 is 0. The van der Waals surface area contributed by atoms with Gasteiger partial charge in [-0.05, 0) is 30.7 Å². The number of carbonyl (C=O) groups is 1. The van der Waals surface area contributed by atoms with Crippen LogP contribution in [0.3, 0.4) is 0 Å². The molecule has 0 atom stereocenters. The molecule has 4 heteroatoms. The molecule has 1 rings (SSSR count). The Labute approximate surface area is 95.6 Å². The van der Waals surface area contributed by atoms with Crippen molar-refractivity contribution in [2.24, 2.45) is 0 Å². The van der Waals surface area contributed by atoms with Crippen molar-refractivity contribution in [3.8, 4) is 5.75 Å². The minimum Gasteiger partial charge on any atom is -0.494 e. The highest BCUT2D eigenvalue weighted by molar-refractivity contribution is 5.91. The first-order valence-electron chi connectivity index (χ1n) is 5.28. The Bertz CT molecular complexity index is 322. The zero-order valence-electron chi connectivity index (χ0n) is 9.66. The SMILES string of the molecule is CCCOc1ccc(NC(=O)COC)cc1. The third kappa shape index (κ3) is 4.31. The molecule has 0 aromatic heterocycles. The third-order valence-electron chi connectivity index (χ3n) is 1.89. The zero-order chi connectivity index (χ0) is 11.8. The summed E-state index contributed by atoms with van der Waals surface area (Å²) in [5.74, 6) is 0.649. The number of rotatable bonds is 6. The van der Waals surface area contributed by atoms with Crippen molar-refractivity contribution >= 4 is 11.6 Å². The van der Waals surface area contributed by atoms with E-state index in [0.29, 0.717) is 6.61 Å². The monoisotopic (exact) mass is 223 g/mol. The minimum absolute atomic E-state index is 0.0636. The summed E-state index contributed by atoms with van der Waals surface area (Å²) in [7, 11) is 1.49. The molecule has 1 N–H and O–H groups in total. The number of nitrogens with one attached hydrogen (secondary N) is 1. The smallest absolute Gasteiger partial charge is 0.250 e. The number of hydrogen-bond acceptors (Lipinski definition) is 3. The van der Waals surface area contributed by atoms with E-state index in [1.807, 2.05) is 12.1 Å². The molecule has 1 aromatic rings. The van der Waals surface area contributed by atoms with Gasteiger partial charge in [-0.2, -0.15) is 0 Å². The van der Waals surface area contributed by atoms with E-state index < -0.39 is 0 Å². The van der Waals surface area contributed by atoms with Gasteiger partial charge in [-0.1, -0.05) is 6.92 Å². The summed E-state index contributed by atoms with van der Waals surface area (Å²) in [6, 6.07) is 7.27. The van der Waals surface area contributed by atoms with Crippen LogP contribution >= 0.6 is 0 Å². The Hall–Kier alpha value is -1.55. The van der Waals surface area contributed by atoms with Gasteiger partial charge < -0.3 is 14.8 Å². The highest BCUT2D eigenvalue weighted by atomic mass is 16.5. The third-order valence-corrected chi connectivity index (χ3v) is 1.89. The summed E-state index contributed by atoms with van der Waals surface area (Å²) in [6.45, 7) is 2.82. The van der Waals surface area contributed by atoms with E-state index in [1.165, 1.54) is 7.11 Å². The van der Waals surface area contributed by atoms with Gasteiger partial charge in [0.05, 0.1) is 6.61 Å². The van der Waals surface area contributed by atoms with Gasteiger partial charge >= 0.3 is 0 Å². The van der Waals surface area contributed by atoms with Crippen molar-refractivity contribution in [3.05, 3.63) is 24.3 Å². The maximum Gasteiger partial charge on any atom is 0.250 e. The van der Waals surface area contributed by atoms with E-state index in [1.54, 1.807) is 12.1 Å². The highest BCUT2D eigenvalue weighted by Gasteiger charge is 2.01. The fourth-order valence-corrected chi connectivity index (χ4v) is 1.18. The average molecular weight is 223 g/mol. The van der Waals surface area contributed by atoms with Crippen LogP contribution in [0.4, 0.5) is 5.69 Å². The summed E-state index contributed by atoms with van der Waals surface area (Å²) in [4.78, 5) is 11.2. The lowest BCUT2D eigenvalue weighted by Gasteiger charge is -2.07. The van der Waals surface area contributed by atoms with Gasteiger partial charge in [0.1, 0.15) is 12.4 Å². The molecule has 4 nitrogen and oxygen atoms in total. The molecule has 0 spiro atoms. The largest absolute Gasteiger partial charge is 0.494 e. The molecule has 88 valence electrons. The molecular formula is C12H17NO3. The number of hydrogen-bond donors (Lipinski definition) is 1. The molecule has 0 unspecified atom stereocenters. The average Bonchev–Trinajstić information content (AvgIpc) is 2.28. The molecule has 0 saturated heterocycles. The number of anilines is 1. The van der Waals surface area contributed by atoms with Gasteiger partial charge in [0.25, 0.3) is 0 Å². The zero-order valence-corrected chi connectivity index (χ0v) is 9.66. The van der Waals surface area contributed by atoms with Crippen LogP contribution in [-0.2, 0) is 9.53 Å². The van der Waals surface area contributed by atoms with Crippen LogP contribution in [0.5, 0.6) is 5.75 Å². The molecule has 1 amide bonds. The molecule has 0 aliphatic heterocycles. The van der Waals surface area contributed by atoms with Crippen molar-refractivity contribution in [3.63, 3.8) is 0 Å². The summed E-state index contributed by atoms with van der Waals surface area (Å²) in [5, 5.41) is 2.71. The topological polar surface area (TPSA) is 47.6 Å². The first kappa shape index (κ1) is 12.5. The van der Waals surface area contributed by atoms with Crippen LogP contribution in [0.1, 0.15) is 13.3 Å². The Morgan fingerprint density at radius 1 is 1.31 bits per heavy atom. The molecular weight excluding hydrogens is 206 g/mol. The van der Waals surface area contributed by atoms with Crippen LogP contribution in [0.15, 0.2) is 24.3 Å². The summed E-state index contributed by atoms with van der Waals surface area (Å²) in [6.07, 6.45) is 0.978. The Kier molecular flexibility index (Phi) is 5.36. The molecule has 0 aliphatic rings. The second-order valence-corrected chi connectivity index (χ2v) is 3.35. The van der Waals surface area contributed by atoms with Crippen molar-refractivity contribution in [2.45, 2.75) is 13.3 Å². The van der Waals surface area contributed by atoms with E-state index in [2.05, 4.69) is 12.2 Å². The van der Waals surface area contributed by atoms with Gasteiger partial charge in [-0.25, -0.2) is 0 Å². The quantitative estimate of drug-likeness (QED) is 0.803. The van der Waals surface area contributed by atoms with Crippen molar-refractivity contribution < 1.29 is 14.3 Å². The van der Waals surface area contributed by atoms with Crippen LogP contribution in [-0.4, -0.2) is 26.2 Å². The van der Waals surface area contributed by atoms with Crippen molar-refractivity contribution in [1.29, 1.82) is 0 Å². The van der Waals surface area contributed by atoms with Crippen molar-refractivity contribution in [2.75, 3.05) is 25.6 Å². The van der Waals surface area contributed by atoms with Crippen LogP contribution in [0.2, 0.25) is 0 Å². The Morgan fingerprint density at radius 3 is 2.56 bits per heavy atom. The number of amides is 1. The predicted molar refractivity (Wildman–Crippen MR) is 62.7 cm³/mol. The van der Waals surface area contributed by atoms with Gasteiger partial charge in [-0.3, -0.25) is 4.79 Å². The predicted octanol–water partition coefficient (Wildman–Crippen LogP) is 2.06. The second kappa shape index (κ2) is 6.85. The number of carbonyl (C=O) groups excluding carboxylic acids is 1. The summed E-state index contributed by atoms with van der Waals surface area (Å²) < 4.78 is 10.1. The molecule has 0 radical (unpaired) electrons. The van der Waals surface area contributed by atoms with E-state index in [0.717, 1.165) is 17.9 Å². The molecule has 0 aliphatic carbocycles. The lowest BCUT2D eigenvalue weighted by Crippen LogP contribution is -2.16. The van der Waals surface area contributed by atoms with E-state index in [9.17, 15) is 4.79 Å². The van der Waals surface area contributed by atoms with Crippen LogP contribution in [0.25, 0.3) is 0 Å². The van der Waals surface area contributed by atoms with Gasteiger partial charge in [-0.15, -0.1) is 0 Å². The minimum atomic E-state index is -0.162. The molecule has 0 bridgehead atoms. The number of benzene rings is 1. The van der Waals surface area contributed by atoms with Gasteiger partial charge in [0.2, 0.25) is 5.91 Å². The van der Waals surface area contributed by atoms with Crippen LogP contribution in [0, 0.1) is 0 Å². The Balaban J connectivity index is 2.47. The van der Waals surface area contributed by atoms with Gasteiger partial charge in [0.15, 0.2) is 0 Å². The van der Waals surface area contributed by atoms with Crippen molar-refractivity contribution in [1.82, 2.24) is 0 Å². The molecule has 16 heavy (non-hydrogen) atoms. The first-order valence-corrected chi connectivity index (χ1v) is 5.28. The standard InChI is InChI=1S/C12H17NO3/c1-3-8-16-11-6-4-10(5-7-11)13-12(14)9-15-2/h4-7H,3,8-9H2,1-2H3,(H,13,14). The molecule has 0 saturated carbocycles. The van der Waals surface area contributed by atoms with Gasteiger partial charge in [0, 0.05) is 12.8 Å².